The summed E-state index contributed by atoms with van der Waals surface area (Å²) >= 11 is 0. The van der Waals surface area contributed by atoms with Gasteiger partial charge in [-0.25, -0.2) is 4.99 Å². The van der Waals surface area contributed by atoms with Crippen molar-refractivity contribution >= 4 is 18.0 Å². The molecule has 1 aromatic carbocycles. The maximum absolute atomic E-state index is 3.84. The summed E-state index contributed by atoms with van der Waals surface area (Å²) in [4.78, 5) is 5.31. The predicted molar refractivity (Wildman–Crippen MR) is 113 cm³/mol. The highest BCUT2D eigenvalue weighted by Crippen LogP contribution is 2.16. The molecule has 1 rings (SSSR count). The Morgan fingerprint density at radius 2 is 1.72 bits per heavy atom. The van der Waals surface area contributed by atoms with Crippen LogP contribution in [0.2, 0.25) is 0 Å². The Hall–Kier alpha value is -2.87. The van der Waals surface area contributed by atoms with E-state index in [9.17, 15) is 0 Å². The molecule has 1 aromatic rings. The highest BCUT2D eigenvalue weighted by atomic mass is 15.1. The van der Waals surface area contributed by atoms with Crippen molar-refractivity contribution in [3.05, 3.63) is 97.2 Å². The average Bonchev–Trinajstić information content (AvgIpc) is 2.64. The van der Waals surface area contributed by atoms with Gasteiger partial charge >= 0.3 is 0 Å². The molecule has 0 aliphatic heterocycles. The zero-order chi connectivity index (χ0) is 18.3. The largest absolute Gasteiger partial charge is 0.370 e. The molecule has 0 fully saturated rings. The van der Waals surface area contributed by atoms with Crippen LogP contribution in [0.4, 0.5) is 5.69 Å². The Morgan fingerprint density at radius 1 is 1.04 bits per heavy atom. The molecule has 25 heavy (non-hydrogen) atoms. The third-order valence-corrected chi connectivity index (χ3v) is 3.50. The van der Waals surface area contributed by atoms with Gasteiger partial charge in [0.25, 0.3) is 0 Å². The Labute approximate surface area is 152 Å². The number of rotatable bonds is 10. The van der Waals surface area contributed by atoms with Crippen molar-refractivity contribution in [2.24, 2.45) is 0 Å². The molecule has 0 amide bonds. The number of anilines is 1. The minimum atomic E-state index is 0.809. The number of hydrogen-bond donors (Lipinski definition) is 1. The molecule has 0 spiro atoms. The monoisotopic (exact) mass is 333 g/mol. The fourth-order valence-electron chi connectivity index (χ4n) is 2.14. The third-order valence-electron chi connectivity index (χ3n) is 3.50. The van der Waals surface area contributed by atoms with Gasteiger partial charge in [-0.1, -0.05) is 73.9 Å². The molecule has 130 valence electrons. The first-order valence-corrected chi connectivity index (χ1v) is 8.53. The topological polar surface area (TPSA) is 17.2 Å². The summed E-state index contributed by atoms with van der Waals surface area (Å²) in [5.74, 6) is 0. The number of nitrogens with one attached hydrogen (secondary N) is 1. The van der Waals surface area contributed by atoms with E-state index in [4.69, 9.17) is 0 Å². The van der Waals surface area contributed by atoms with Gasteiger partial charge in [-0.05, 0) is 30.2 Å². The second-order valence-electron chi connectivity index (χ2n) is 5.48. The van der Waals surface area contributed by atoms with Crippen molar-refractivity contribution in [1.29, 1.82) is 0 Å². The molecule has 1 N–H and O–H groups in total. The standard InChI is InChI=1S/C23H28N2/c1-5-13-21(6-2)20-25(4)23-17-15-22(16-18-23)14-11-9-8-10-12-19-24-7-3/h5-6,8-19H,1-2,7,20H2,3-4H3/p+1/b9-8+,12-10-,14-11+,21-13+,24-19?. The van der Waals surface area contributed by atoms with Crippen molar-refractivity contribution in [2.75, 3.05) is 25.0 Å². The summed E-state index contributed by atoms with van der Waals surface area (Å²) < 4.78 is 0. The maximum Gasteiger partial charge on any atom is 0.161 e. The van der Waals surface area contributed by atoms with E-state index in [1.54, 1.807) is 6.08 Å². The fourth-order valence-corrected chi connectivity index (χ4v) is 2.14. The van der Waals surface area contributed by atoms with Crippen LogP contribution in [0.1, 0.15) is 12.5 Å². The van der Waals surface area contributed by atoms with Gasteiger partial charge in [-0.2, -0.15) is 0 Å². The molecule has 0 heterocycles. The molecule has 0 aliphatic rings. The van der Waals surface area contributed by atoms with Crippen LogP contribution in [0.3, 0.4) is 0 Å². The highest BCUT2D eigenvalue weighted by Gasteiger charge is 2.01. The lowest BCUT2D eigenvalue weighted by atomic mass is 10.1. The summed E-state index contributed by atoms with van der Waals surface area (Å²) in [6, 6.07) is 8.50. The van der Waals surface area contributed by atoms with E-state index in [0.717, 1.165) is 18.7 Å². The van der Waals surface area contributed by atoms with Crippen LogP contribution in [0, 0.1) is 0 Å². The van der Waals surface area contributed by atoms with Crippen LogP contribution in [-0.2, 0) is 0 Å². The van der Waals surface area contributed by atoms with E-state index < -0.39 is 0 Å². The number of benzene rings is 1. The number of nitrogens with zero attached hydrogens (tertiary/aromatic N) is 1. The Kier molecular flexibility index (Phi) is 10.1. The predicted octanol–water partition coefficient (Wildman–Crippen LogP) is 3.72. The Balaban J connectivity index is 2.59. The molecule has 0 saturated carbocycles. The first-order chi connectivity index (χ1) is 12.2. The van der Waals surface area contributed by atoms with Gasteiger partial charge in [0.1, 0.15) is 6.54 Å². The minimum absolute atomic E-state index is 0.809. The maximum atomic E-state index is 3.84. The summed E-state index contributed by atoms with van der Waals surface area (Å²) in [5, 5.41) is 0. The molecule has 2 heteroatoms. The fraction of sp³-hybridized carbons (Fsp3) is 0.174. The molecule has 0 atom stereocenters. The van der Waals surface area contributed by atoms with Crippen LogP contribution >= 0.6 is 0 Å². The van der Waals surface area contributed by atoms with Crippen molar-refractivity contribution in [3.63, 3.8) is 0 Å². The number of allylic oxidation sites excluding steroid dienone is 7. The lowest BCUT2D eigenvalue weighted by molar-refractivity contribution is -0.446. The van der Waals surface area contributed by atoms with E-state index in [-0.39, 0.29) is 0 Å². The van der Waals surface area contributed by atoms with Gasteiger partial charge in [-0.3, -0.25) is 0 Å². The zero-order valence-electron chi connectivity index (χ0n) is 15.4. The Bertz CT molecular complexity index is 671. The zero-order valence-corrected chi connectivity index (χ0v) is 15.4. The van der Waals surface area contributed by atoms with Crippen molar-refractivity contribution < 1.29 is 4.99 Å². The van der Waals surface area contributed by atoms with Crippen LogP contribution in [0.15, 0.2) is 91.6 Å². The van der Waals surface area contributed by atoms with Crippen molar-refractivity contribution in [3.8, 4) is 0 Å². The van der Waals surface area contributed by atoms with E-state index in [1.807, 2.05) is 48.7 Å². The van der Waals surface area contributed by atoms with E-state index in [2.05, 4.69) is 67.4 Å². The van der Waals surface area contributed by atoms with E-state index >= 15 is 0 Å². The van der Waals surface area contributed by atoms with Crippen LogP contribution in [0.25, 0.3) is 6.08 Å². The molecule has 0 unspecified atom stereocenters. The normalized spacial score (nSPS) is 12.6. The van der Waals surface area contributed by atoms with Gasteiger partial charge in [0.2, 0.25) is 0 Å². The van der Waals surface area contributed by atoms with Gasteiger partial charge < -0.3 is 4.90 Å². The van der Waals surface area contributed by atoms with Crippen LogP contribution < -0.4 is 9.89 Å². The minimum Gasteiger partial charge on any atom is -0.370 e. The van der Waals surface area contributed by atoms with E-state index in [1.165, 1.54) is 11.3 Å². The quantitative estimate of drug-likeness (QED) is 0.510. The summed E-state index contributed by atoms with van der Waals surface area (Å²) in [7, 11) is 2.07. The summed E-state index contributed by atoms with van der Waals surface area (Å²) in [6.45, 7) is 11.4. The second-order valence-corrected chi connectivity index (χ2v) is 5.48. The van der Waals surface area contributed by atoms with Gasteiger partial charge in [0, 0.05) is 25.4 Å². The van der Waals surface area contributed by atoms with Crippen molar-refractivity contribution in [2.45, 2.75) is 6.92 Å². The first kappa shape index (κ1) is 20.2. The smallest absolute Gasteiger partial charge is 0.161 e. The molecular weight excluding hydrogens is 304 g/mol. The molecule has 0 bridgehead atoms. The van der Waals surface area contributed by atoms with Gasteiger partial charge in [0.05, 0.1) is 0 Å². The van der Waals surface area contributed by atoms with E-state index in [0.29, 0.717) is 0 Å². The SMILES string of the molecule is C=C/C=C(\C=C)CN(C)c1ccc(/C=C/C=C/C=C\C=[NH+]CC)cc1. The second kappa shape index (κ2) is 12.5. The number of hydrogen-bond acceptors (Lipinski definition) is 1. The molecule has 0 aromatic heterocycles. The van der Waals surface area contributed by atoms with Gasteiger partial charge in [-0.15, -0.1) is 0 Å². The molecule has 0 aliphatic carbocycles. The molecule has 0 radical (unpaired) electrons. The third kappa shape index (κ3) is 8.52. The molecule has 2 nitrogen and oxygen atoms in total. The Morgan fingerprint density at radius 3 is 2.36 bits per heavy atom. The summed E-state index contributed by atoms with van der Waals surface area (Å²) in [6.07, 6.45) is 19.7. The van der Waals surface area contributed by atoms with Crippen LogP contribution in [0.5, 0.6) is 0 Å². The number of likely N-dealkylation sites (N-methyl/N-ethyl adjacent to an activating group) is 1. The average molecular weight is 333 g/mol. The van der Waals surface area contributed by atoms with Crippen molar-refractivity contribution in [1.82, 2.24) is 0 Å². The van der Waals surface area contributed by atoms with Crippen LogP contribution in [-0.4, -0.2) is 26.4 Å². The highest BCUT2D eigenvalue weighted by molar-refractivity contribution is 5.65. The lowest BCUT2D eigenvalue weighted by Gasteiger charge is -2.20. The molecular formula is C23H29N2+. The lowest BCUT2D eigenvalue weighted by Crippen LogP contribution is -2.67. The molecule has 0 saturated heterocycles. The van der Waals surface area contributed by atoms with Gasteiger partial charge in [0.15, 0.2) is 6.21 Å². The first-order valence-electron chi connectivity index (χ1n) is 8.53. The summed E-state index contributed by atoms with van der Waals surface area (Å²) in [5.41, 5.74) is 3.49.